The Bertz CT molecular complexity index is 1020. The number of aromatic nitrogens is 1. The average Bonchev–Trinajstić information content (AvgIpc) is 3.31. The van der Waals surface area contributed by atoms with Crippen molar-refractivity contribution in [3.8, 4) is 0 Å². The number of halogens is 1. The van der Waals surface area contributed by atoms with Gasteiger partial charge in [-0.25, -0.2) is 4.98 Å². The van der Waals surface area contributed by atoms with Crippen molar-refractivity contribution in [3.63, 3.8) is 0 Å². The lowest BCUT2D eigenvalue weighted by atomic mass is 10.0. The molecule has 3 aliphatic rings. The first kappa shape index (κ1) is 19.1. The van der Waals surface area contributed by atoms with Gasteiger partial charge in [-0.05, 0) is 41.8 Å². The lowest BCUT2D eigenvalue weighted by Crippen LogP contribution is -2.32. The third-order valence-electron chi connectivity index (χ3n) is 6.28. The summed E-state index contributed by atoms with van der Waals surface area (Å²) < 4.78 is 0. The molecule has 2 atom stereocenters. The Kier molecular flexibility index (Phi) is 4.95. The molecule has 0 spiro atoms. The molecule has 5 rings (SSSR count). The topological polar surface area (TPSA) is 65.5 Å². The number of nitrogens with zero attached hydrogens (tertiary/aromatic N) is 3. The van der Waals surface area contributed by atoms with E-state index in [0.29, 0.717) is 30.5 Å². The van der Waals surface area contributed by atoms with E-state index >= 15 is 0 Å². The van der Waals surface area contributed by atoms with Gasteiger partial charge in [0.15, 0.2) is 0 Å². The van der Waals surface area contributed by atoms with Gasteiger partial charge < -0.3 is 15.1 Å². The number of nitrogens with one attached hydrogen (secondary N) is 1. The molecule has 7 heteroatoms. The number of hydrogen-bond donors (Lipinski definition) is 1. The van der Waals surface area contributed by atoms with Crippen molar-refractivity contribution in [2.24, 2.45) is 11.8 Å². The predicted octanol–water partition coefficient (Wildman–Crippen LogP) is 3.23. The molecule has 0 radical (unpaired) electrons. The maximum absolute atomic E-state index is 12.7. The van der Waals surface area contributed by atoms with Crippen LogP contribution in [0.4, 0.5) is 11.5 Å². The average molecular weight is 423 g/mol. The molecule has 6 nitrogen and oxygen atoms in total. The highest BCUT2D eigenvalue weighted by Crippen LogP contribution is 2.36. The molecule has 2 saturated heterocycles. The molecular formula is C23H23ClN4O2. The third kappa shape index (κ3) is 3.67. The van der Waals surface area contributed by atoms with Gasteiger partial charge in [-0.1, -0.05) is 23.7 Å². The van der Waals surface area contributed by atoms with Gasteiger partial charge in [0.25, 0.3) is 0 Å². The Labute approximate surface area is 180 Å². The summed E-state index contributed by atoms with van der Waals surface area (Å²) in [6.07, 6.45) is 6.30. The molecule has 0 aliphatic carbocycles. The van der Waals surface area contributed by atoms with Crippen LogP contribution < -0.4 is 10.2 Å². The Morgan fingerprint density at radius 3 is 2.67 bits per heavy atom. The van der Waals surface area contributed by atoms with Crippen molar-refractivity contribution >= 4 is 41.0 Å². The normalized spacial score (nSPS) is 22.9. The van der Waals surface area contributed by atoms with E-state index in [1.54, 1.807) is 12.3 Å². The second-order valence-electron chi connectivity index (χ2n) is 8.28. The van der Waals surface area contributed by atoms with E-state index in [-0.39, 0.29) is 11.8 Å². The van der Waals surface area contributed by atoms with Gasteiger partial charge in [-0.2, -0.15) is 0 Å². The van der Waals surface area contributed by atoms with Crippen LogP contribution in [-0.2, 0) is 16.0 Å². The van der Waals surface area contributed by atoms with Gasteiger partial charge >= 0.3 is 0 Å². The highest BCUT2D eigenvalue weighted by molar-refractivity contribution is 6.33. The van der Waals surface area contributed by atoms with Crippen molar-refractivity contribution < 1.29 is 9.59 Å². The zero-order chi connectivity index (χ0) is 20.7. The molecule has 2 amide bonds. The summed E-state index contributed by atoms with van der Waals surface area (Å²) in [6.45, 7) is 3.43. The number of rotatable bonds is 3. The summed E-state index contributed by atoms with van der Waals surface area (Å²) in [7, 11) is 0. The van der Waals surface area contributed by atoms with Crippen LogP contribution in [0.3, 0.4) is 0 Å². The molecule has 1 aromatic carbocycles. The zero-order valence-electron chi connectivity index (χ0n) is 16.6. The van der Waals surface area contributed by atoms with E-state index in [2.05, 4.69) is 21.3 Å². The maximum atomic E-state index is 12.7. The van der Waals surface area contributed by atoms with E-state index in [0.717, 1.165) is 48.0 Å². The summed E-state index contributed by atoms with van der Waals surface area (Å²) in [5.74, 6) is 1.63. The number of amides is 2. The molecule has 30 heavy (non-hydrogen) atoms. The van der Waals surface area contributed by atoms with Gasteiger partial charge in [0.2, 0.25) is 11.8 Å². The van der Waals surface area contributed by atoms with Crippen molar-refractivity contribution in [2.45, 2.75) is 12.8 Å². The Morgan fingerprint density at radius 2 is 1.90 bits per heavy atom. The molecule has 4 heterocycles. The van der Waals surface area contributed by atoms with Crippen molar-refractivity contribution in [1.29, 1.82) is 0 Å². The number of aryl methyl sites for hydroxylation is 1. The van der Waals surface area contributed by atoms with E-state index in [9.17, 15) is 9.59 Å². The summed E-state index contributed by atoms with van der Waals surface area (Å²) in [6, 6.07) is 9.94. The van der Waals surface area contributed by atoms with Crippen molar-refractivity contribution in [2.75, 3.05) is 36.4 Å². The first-order valence-electron chi connectivity index (χ1n) is 10.3. The Hall–Kier alpha value is -2.86. The lowest BCUT2D eigenvalue weighted by Gasteiger charge is -2.23. The number of carbonyl (C=O) groups excluding carboxylic acids is 2. The fourth-order valence-corrected chi connectivity index (χ4v) is 4.97. The molecule has 0 saturated carbocycles. The minimum absolute atomic E-state index is 0.00107. The lowest BCUT2D eigenvalue weighted by molar-refractivity contribution is -0.125. The predicted molar refractivity (Wildman–Crippen MR) is 117 cm³/mol. The molecule has 1 N–H and O–H groups in total. The third-order valence-corrected chi connectivity index (χ3v) is 6.60. The van der Waals surface area contributed by atoms with Crippen LogP contribution in [0.2, 0.25) is 5.02 Å². The SMILES string of the molecule is O=C1CCc2cc(C=CC(=O)N3C[C@@H]4CN(c5ccccc5Cl)C[C@@H]4C3)cnc2N1. The van der Waals surface area contributed by atoms with Gasteiger partial charge in [0.05, 0.1) is 10.7 Å². The summed E-state index contributed by atoms with van der Waals surface area (Å²) in [5, 5.41) is 3.56. The molecule has 1 aromatic heterocycles. The Morgan fingerprint density at radius 1 is 1.13 bits per heavy atom. The molecule has 2 aromatic rings. The smallest absolute Gasteiger partial charge is 0.246 e. The van der Waals surface area contributed by atoms with E-state index in [4.69, 9.17) is 11.6 Å². The minimum atomic E-state index is 0.00107. The first-order chi connectivity index (χ1) is 14.6. The van der Waals surface area contributed by atoms with Crippen LogP contribution in [0.25, 0.3) is 6.08 Å². The number of anilines is 2. The number of pyridine rings is 1. The fraction of sp³-hybridized carbons (Fsp3) is 0.348. The molecule has 154 valence electrons. The van der Waals surface area contributed by atoms with E-state index in [1.807, 2.05) is 35.2 Å². The van der Waals surface area contributed by atoms with Crippen LogP contribution in [0.5, 0.6) is 0 Å². The van der Waals surface area contributed by atoms with E-state index < -0.39 is 0 Å². The zero-order valence-corrected chi connectivity index (χ0v) is 17.3. The second kappa shape index (κ2) is 7.76. The largest absolute Gasteiger partial charge is 0.370 e. The van der Waals surface area contributed by atoms with Crippen LogP contribution in [0, 0.1) is 11.8 Å². The standard InChI is InChI=1S/C23H23ClN4O2/c24-19-3-1-2-4-20(19)27-11-17-13-28(14-18(17)12-27)22(30)8-5-15-9-16-6-7-21(29)26-23(16)25-10-15/h1-5,8-10,17-18H,6-7,11-14H2,(H,25,26,29)/t17-,18+. The quantitative estimate of drug-likeness (QED) is 0.771. The van der Waals surface area contributed by atoms with Gasteiger partial charge in [-0.3, -0.25) is 9.59 Å². The molecular weight excluding hydrogens is 400 g/mol. The molecule has 2 fully saturated rings. The summed E-state index contributed by atoms with van der Waals surface area (Å²) >= 11 is 6.35. The summed E-state index contributed by atoms with van der Waals surface area (Å²) in [5.41, 5.74) is 2.98. The number of likely N-dealkylation sites (tertiary alicyclic amines) is 1. The van der Waals surface area contributed by atoms with Crippen molar-refractivity contribution in [3.05, 3.63) is 58.8 Å². The number of para-hydroxylation sites is 1. The van der Waals surface area contributed by atoms with Gasteiger partial charge in [-0.15, -0.1) is 0 Å². The molecule has 3 aliphatic heterocycles. The van der Waals surface area contributed by atoms with Crippen LogP contribution in [0.15, 0.2) is 42.6 Å². The van der Waals surface area contributed by atoms with E-state index in [1.165, 1.54) is 0 Å². The number of benzene rings is 1. The number of fused-ring (bicyclic) bond motifs is 2. The minimum Gasteiger partial charge on any atom is -0.370 e. The fourth-order valence-electron chi connectivity index (χ4n) is 4.72. The van der Waals surface area contributed by atoms with Gasteiger partial charge in [0.1, 0.15) is 5.82 Å². The number of carbonyl (C=O) groups is 2. The highest BCUT2D eigenvalue weighted by atomic mass is 35.5. The maximum Gasteiger partial charge on any atom is 0.246 e. The van der Waals surface area contributed by atoms with Crippen LogP contribution in [-0.4, -0.2) is 47.9 Å². The van der Waals surface area contributed by atoms with Gasteiger partial charge in [0, 0.05) is 56.7 Å². The Balaban J connectivity index is 1.20. The molecule has 0 unspecified atom stereocenters. The summed E-state index contributed by atoms with van der Waals surface area (Å²) in [4.78, 5) is 32.8. The van der Waals surface area contributed by atoms with Crippen LogP contribution >= 0.6 is 11.6 Å². The van der Waals surface area contributed by atoms with Crippen molar-refractivity contribution in [1.82, 2.24) is 9.88 Å². The molecule has 0 bridgehead atoms. The monoisotopic (exact) mass is 422 g/mol. The first-order valence-corrected chi connectivity index (χ1v) is 10.7. The second-order valence-corrected chi connectivity index (χ2v) is 8.68. The number of hydrogen-bond acceptors (Lipinski definition) is 4. The highest BCUT2D eigenvalue weighted by Gasteiger charge is 2.41. The van der Waals surface area contributed by atoms with Crippen LogP contribution in [0.1, 0.15) is 17.5 Å².